The molecule has 1 fully saturated rings. The van der Waals surface area contributed by atoms with Crippen LogP contribution in [0.25, 0.3) is 5.65 Å². The Labute approximate surface area is 124 Å². The number of nitrogens with one attached hydrogen (secondary N) is 1. The number of fused-ring (bicyclic) bond motifs is 1. The second-order valence-electron chi connectivity index (χ2n) is 5.94. The van der Waals surface area contributed by atoms with E-state index in [1.54, 1.807) is 6.20 Å². The van der Waals surface area contributed by atoms with Gasteiger partial charge in [-0.15, -0.1) is 0 Å². The highest BCUT2D eigenvalue weighted by Gasteiger charge is 2.23. The van der Waals surface area contributed by atoms with Crippen LogP contribution in [0.15, 0.2) is 18.6 Å². The monoisotopic (exact) mass is 289 g/mol. The van der Waals surface area contributed by atoms with Gasteiger partial charge in [0.2, 0.25) is 0 Å². The molecule has 7 nitrogen and oxygen atoms in total. The van der Waals surface area contributed by atoms with Crippen molar-refractivity contribution in [2.45, 2.75) is 12.8 Å². The molecule has 0 bridgehead atoms. The maximum absolute atomic E-state index is 5.51. The zero-order valence-electron chi connectivity index (χ0n) is 12.7. The molecule has 3 heterocycles. The summed E-state index contributed by atoms with van der Waals surface area (Å²) in [6, 6.07) is 0. The summed E-state index contributed by atoms with van der Waals surface area (Å²) in [5.41, 5.74) is 3.52. The lowest BCUT2D eigenvalue weighted by atomic mass is 9.96. The molecule has 1 aliphatic heterocycles. The Morgan fingerprint density at radius 3 is 2.81 bits per heavy atom. The van der Waals surface area contributed by atoms with Gasteiger partial charge in [-0.3, -0.25) is 0 Å². The summed E-state index contributed by atoms with van der Waals surface area (Å²) in [4.78, 5) is 13.6. The predicted molar refractivity (Wildman–Crippen MR) is 84.3 cm³/mol. The minimum atomic E-state index is 0.658. The van der Waals surface area contributed by atoms with Crippen molar-refractivity contribution in [2.24, 2.45) is 11.8 Å². The Hall–Kier alpha value is -1.86. The van der Waals surface area contributed by atoms with Gasteiger partial charge in [0.05, 0.1) is 6.20 Å². The number of rotatable bonds is 4. The lowest BCUT2D eigenvalue weighted by Crippen LogP contribution is -2.37. The maximum Gasteiger partial charge on any atom is 0.180 e. The molecule has 0 saturated carbocycles. The second-order valence-corrected chi connectivity index (χ2v) is 5.94. The van der Waals surface area contributed by atoms with Gasteiger partial charge >= 0.3 is 0 Å². The van der Waals surface area contributed by atoms with Crippen molar-refractivity contribution in [3.05, 3.63) is 18.6 Å². The van der Waals surface area contributed by atoms with Gasteiger partial charge in [0, 0.05) is 32.0 Å². The molecule has 0 unspecified atom stereocenters. The molecule has 2 aromatic heterocycles. The van der Waals surface area contributed by atoms with Crippen LogP contribution < -0.4 is 16.2 Å². The highest BCUT2D eigenvalue weighted by Crippen LogP contribution is 2.26. The SMILES string of the molecule is CN(C)CC1CCN(c2nc(NN)cn3ccnc23)CC1. The fourth-order valence-electron chi connectivity index (χ4n) is 3.04. The van der Waals surface area contributed by atoms with E-state index >= 15 is 0 Å². The quantitative estimate of drug-likeness (QED) is 0.640. The third-order valence-electron chi connectivity index (χ3n) is 4.04. The molecule has 7 heteroatoms. The number of hydrogen-bond donors (Lipinski definition) is 2. The van der Waals surface area contributed by atoms with Crippen molar-refractivity contribution in [2.75, 3.05) is 44.1 Å². The largest absolute Gasteiger partial charge is 0.353 e. The van der Waals surface area contributed by atoms with Crippen molar-refractivity contribution in [1.29, 1.82) is 0 Å². The minimum Gasteiger partial charge on any atom is -0.353 e. The van der Waals surface area contributed by atoms with E-state index in [1.165, 1.54) is 12.8 Å². The first-order valence-electron chi connectivity index (χ1n) is 7.37. The van der Waals surface area contributed by atoms with E-state index in [1.807, 2.05) is 16.8 Å². The number of piperidine rings is 1. The third-order valence-corrected chi connectivity index (χ3v) is 4.04. The van der Waals surface area contributed by atoms with Gasteiger partial charge in [-0.2, -0.15) is 0 Å². The van der Waals surface area contributed by atoms with Crippen LogP contribution in [-0.2, 0) is 0 Å². The molecule has 114 valence electrons. The molecule has 0 aromatic carbocycles. The summed E-state index contributed by atoms with van der Waals surface area (Å²) in [6.45, 7) is 3.19. The first-order valence-corrected chi connectivity index (χ1v) is 7.37. The lowest BCUT2D eigenvalue weighted by Gasteiger charge is -2.34. The zero-order valence-corrected chi connectivity index (χ0v) is 12.7. The first-order chi connectivity index (χ1) is 10.2. The molecule has 2 aromatic rings. The molecule has 3 N–H and O–H groups in total. The number of nitrogens with zero attached hydrogens (tertiary/aromatic N) is 5. The fourth-order valence-corrected chi connectivity index (χ4v) is 3.04. The van der Waals surface area contributed by atoms with Gasteiger partial charge in [-0.1, -0.05) is 0 Å². The highest BCUT2D eigenvalue weighted by atomic mass is 15.3. The van der Waals surface area contributed by atoms with Crippen molar-refractivity contribution >= 4 is 17.3 Å². The summed E-state index contributed by atoms with van der Waals surface area (Å²) in [5, 5.41) is 0. The number of anilines is 2. The van der Waals surface area contributed by atoms with Crippen molar-refractivity contribution < 1.29 is 0 Å². The molecular weight excluding hydrogens is 266 g/mol. The molecule has 0 amide bonds. The Bertz CT molecular complexity index is 598. The molecule has 0 aliphatic carbocycles. The Balaban J connectivity index is 1.80. The van der Waals surface area contributed by atoms with Crippen LogP contribution >= 0.6 is 0 Å². The summed E-state index contributed by atoms with van der Waals surface area (Å²) >= 11 is 0. The van der Waals surface area contributed by atoms with E-state index in [2.05, 4.69) is 39.3 Å². The number of hydrazine groups is 1. The zero-order chi connectivity index (χ0) is 14.8. The Morgan fingerprint density at radius 1 is 1.38 bits per heavy atom. The normalized spacial score (nSPS) is 16.9. The van der Waals surface area contributed by atoms with Crippen LogP contribution in [-0.4, -0.2) is 53.0 Å². The molecule has 0 spiro atoms. The average Bonchev–Trinajstić information content (AvgIpc) is 2.94. The van der Waals surface area contributed by atoms with Crippen LogP contribution in [0.5, 0.6) is 0 Å². The summed E-state index contributed by atoms with van der Waals surface area (Å²) in [6.07, 6.45) is 7.93. The minimum absolute atomic E-state index is 0.658. The van der Waals surface area contributed by atoms with Crippen LogP contribution in [0.2, 0.25) is 0 Å². The standard InChI is InChI=1S/C14H23N7/c1-19(2)9-11-3-6-20(7-4-11)14-13-16-5-8-21(13)10-12(17-14)18-15/h5,8,10-11,18H,3-4,6-7,9,15H2,1-2H3. The van der Waals surface area contributed by atoms with Crippen LogP contribution in [0.3, 0.4) is 0 Å². The number of aromatic nitrogens is 3. The van der Waals surface area contributed by atoms with Crippen LogP contribution in [0.4, 0.5) is 11.6 Å². The molecule has 21 heavy (non-hydrogen) atoms. The molecule has 3 rings (SSSR count). The Morgan fingerprint density at radius 2 is 2.14 bits per heavy atom. The second kappa shape index (κ2) is 5.87. The Kier molecular flexibility index (Phi) is 3.94. The van der Waals surface area contributed by atoms with E-state index in [9.17, 15) is 0 Å². The van der Waals surface area contributed by atoms with Gasteiger partial charge in [0.1, 0.15) is 0 Å². The van der Waals surface area contributed by atoms with Gasteiger partial charge in [-0.25, -0.2) is 15.8 Å². The van der Waals surface area contributed by atoms with Gasteiger partial charge in [0.15, 0.2) is 17.3 Å². The van der Waals surface area contributed by atoms with E-state index < -0.39 is 0 Å². The van der Waals surface area contributed by atoms with E-state index in [-0.39, 0.29) is 0 Å². The van der Waals surface area contributed by atoms with Crippen LogP contribution in [0.1, 0.15) is 12.8 Å². The van der Waals surface area contributed by atoms with E-state index in [4.69, 9.17) is 5.84 Å². The van der Waals surface area contributed by atoms with E-state index in [0.29, 0.717) is 5.82 Å². The predicted octanol–water partition coefficient (Wildman–Crippen LogP) is 0.793. The van der Waals surface area contributed by atoms with E-state index in [0.717, 1.165) is 37.0 Å². The van der Waals surface area contributed by atoms with Crippen molar-refractivity contribution in [3.63, 3.8) is 0 Å². The molecule has 1 saturated heterocycles. The first kappa shape index (κ1) is 14.1. The van der Waals surface area contributed by atoms with Gasteiger partial charge in [-0.05, 0) is 32.9 Å². The number of hydrogen-bond acceptors (Lipinski definition) is 6. The molecular formula is C14H23N7. The lowest BCUT2D eigenvalue weighted by molar-refractivity contribution is 0.284. The number of nitrogen functional groups attached to an aromatic ring is 1. The average molecular weight is 289 g/mol. The van der Waals surface area contributed by atoms with Gasteiger partial charge < -0.3 is 19.6 Å². The topological polar surface area (TPSA) is 74.7 Å². The summed E-state index contributed by atoms with van der Waals surface area (Å²) in [7, 11) is 4.27. The molecule has 0 radical (unpaired) electrons. The highest BCUT2D eigenvalue weighted by molar-refractivity contribution is 5.66. The third kappa shape index (κ3) is 2.93. The number of nitrogens with two attached hydrogens (primary N) is 1. The summed E-state index contributed by atoms with van der Waals surface area (Å²) in [5.74, 6) is 7.85. The summed E-state index contributed by atoms with van der Waals surface area (Å²) < 4.78 is 1.96. The molecule has 0 atom stereocenters. The smallest absolute Gasteiger partial charge is 0.180 e. The number of imidazole rings is 1. The van der Waals surface area contributed by atoms with Crippen molar-refractivity contribution in [3.8, 4) is 0 Å². The maximum atomic E-state index is 5.51. The van der Waals surface area contributed by atoms with Crippen molar-refractivity contribution in [1.82, 2.24) is 19.3 Å². The van der Waals surface area contributed by atoms with Gasteiger partial charge in [0.25, 0.3) is 0 Å². The fraction of sp³-hybridized carbons (Fsp3) is 0.571. The van der Waals surface area contributed by atoms with Crippen LogP contribution in [0, 0.1) is 5.92 Å². The molecule has 1 aliphatic rings.